The smallest absolute Gasteiger partial charge is 0.151 e. The average Bonchev–Trinajstić information content (AvgIpc) is 3.37. The molecule has 0 radical (unpaired) electrons. The third kappa shape index (κ3) is 3.29. The van der Waals surface area contributed by atoms with Gasteiger partial charge in [0.05, 0.1) is 5.69 Å². The van der Waals surface area contributed by atoms with Crippen molar-refractivity contribution in [3.63, 3.8) is 0 Å². The molecule has 1 unspecified atom stereocenters. The van der Waals surface area contributed by atoms with Gasteiger partial charge in [0.2, 0.25) is 0 Å². The van der Waals surface area contributed by atoms with Crippen LogP contribution in [0.25, 0.3) is 22.2 Å². The first-order chi connectivity index (χ1) is 13.8. The van der Waals surface area contributed by atoms with E-state index in [9.17, 15) is 0 Å². The summed E-state index contributed by atoms with van der Waals surface area (Å²) < 4.78 is 0. The second kappa shape index (κ2) is 7.36. The van der Waals surface area contributed by atoms with Crippen LogP contribution in [0.5, 0.6) is 0 Å². The fraction of sp³-hybridized carbons (Fsp3) is 0.261. The van der Waals surface area contributed by atoms with Crippen molar-refractivity contribution in [3.05, 3.63) is 71.4 Å². The fourth-order valence-corrected chi connectivity index (χ4v) is 4.43. The number of fused-ring (bicyclic) bond motifs is 1. The Balaban J connectivity index is 1.41. The quantitative estimate of drug-likeness (QED) is 0.461. The van der Waals surface area contributed by atoms with Gasteiger partial charge in [-0.05, 0) is 55.0 Å². The second-order valence-corrected chi connectivity index (χ2v) is 7.99. The average molecular weight is 391 g/mol. The van der Waals surface area contributed by atoms with Crippen molar-refractivity contribution in [1.82, 2.24) is 15.2 Å². The van der Waals surface area contributed by atoms with Crippen LogP contribution < -0.4 is 4.90 Å². The lowest BCUT2D eigenvalue weighted by atomic mass is 9.95. The summed E-state index contributed by atoms with van der Waals surface area (Å²) in [7, 11) is 0. The van der Waals surface area contributed by atoms with Crippen LogP contribution >= 0.6 is 11.6 Å². The normalized spacial score (nSPS) is 17.3. The number of piperidine rings is 1. The lowest BCUT2D eigenvalue weighted by molar-refractivity contribution is 0.454. The first-order valence-corrected chi connectivity index (χ1v) is 10.3. The number of halogens is 1. The van der Waals surface area contributed by atoms with Gasteiger partial charge in [-0.2, -0.15) is 5.10 Å². The van der Waals surface area contributed by atoms with E-state index in [1.54, 1.807) is 0 Å². The maximum Gasteiger partial charge on any atom is 0.151 e. The number of nitrogens with zero attached hydrogens (tertiary/aromatic N) is 2. The van der Waals surface area contributed by atoms with Gasteiger partial charge < -0.3 is 9.88 Å². The van der Waals surface area contributed by atoms with Crippen LogP contribution in [-0.4, -0.2) is 27.8 Å². The Kier molecular flexibility index (Phi) is 4.57. The molecule has 1 aliphatic heterocycles. The van der Waals surface area contributed by atoms with E-state index in [1.807, 2.05) is 24.3 Å². The standard InChI is InChI=1S/C23H23ClN4/c24-18-10-8-16(9-11-18)22-14-23(27-26-22)28-12-4-3-5-19(28)13-17-15-25-21-7-2-1-6-20(17)21/h1-2,6-11,14-15,19,25H,3-5,12-13H2,(H,26,27). The molecule has 0 saturated carbocycles. The van der Waals surface area contributed by atoms with Crippen molar-refractivity contribution in [2.24, 2.45) is 0 Å². The summed E-state index contributed by atoms with van der Waals surface area (Å²) in [4.78, 5) is 5.88. The molecule has 1 aliphatic rings. The number of benzene rings is 2. The van der Waals surface area contributed by atoms with Gasteiger partial charge in [-0.15, -0.1) is 0 Å². The third-order valence-corrected chi connectivity index (χ3v) is 6.02. The second-order valence-electron chi connectivity index (χ2n) is 7.55. The zero-order valence-electron chi connectivity index (χ0n) is 15.7. The molecule has 1 atom stereocenters. The van der Waals surface area contributed by atoms with E-state index in [4.69, 9.17) is 11.6 Å². The van der Waals surface area contributed by atoms with Gasteiger partial charge in [0.15, 0.2) is 5.82 Å². The molecule has 28 heavy (non-hydrogen) atoms. The summed E-state index contributed by atoms with van der Waals surface area (Å²) >= 11 is 6.02. The van der Waals surface area contributed by atoms with E-state index in [-0.39, 0.29) is 0 Å². The van der Waals surface area contributed by atoms with Crippen molar-refractivity contribution >= 4 is 28.3 Å². The molecule has 142 valence electrons. The number of para-hydroxylation sites is 1. The Morgan fingerprint density at radius 2 is 1.93 bits per heavy atom. The first kappa shape index (κ1) is 17.4. The maximum absolute atomic E-state index is 6.02. The van der Waals surface area contributed by atoms with Crippen molar-refractivity contribution in [2.75, 3.05) is 11.4 Å². The molecule has 5 rings (SSSR count). The molecular weight excluding hydrogens is 368 g/mol. The fourth-order valence-electron chi connectivity index (χ4n) is 4.30. The van der Waals surface area contributed by atoms with Crippen molar-refractivity contribution in [1.29, 1.82) is 0 Å². The summed E-state index contributed by atoms with van der Waals surface area (Å²) in [5.74, 6) is 1.04. The first-order valence-electron chi connectivity index (χ1n) is 9.91. The molecule has 1 saturated heterocycles. The molecule has 2 aromatic carbocycles. The third-order valence-electron chi connectivity index (χ3n) is 5.77. The van der Waals surface area contributed by atoms with E-state index < -0.39 is 0 Å². The largest absolute Gasteiger partial charge is 0.361 e. The van der Waals surface area contributed by atoms with Crippen LogP contribution in [0.15, 0.2) is 60.8 Å². The van der Waals surface area contributed by atoms with Crippen molar-refractivity contribution in [2.45, 2.75) is 31.7 Å². The molecule has 0 bridgehead atoms. The Morgan fingerprint density at radius 1 is 1.07 bits per heavy atom. The number of hydrogen-bond donors (Lipinski definition) is 2. The predicted molar refractivity (Wildman–Crippen MR) is 116 cm³/mol. The highest BCUT2D eigenvalue weighted by Gasteiger charge is 2.25. The van der Waals surface area contributed by atoms with Crippen molar-refractivity contribution < 1.29 is 0 Å². The molecule has 2 aromatic heterocycles. The zero-order valence-corrected chi connectivity index (χ0v) is 16.4. The molecule has 0 aliphatic carbocycles. The van der Waals surface area contributed by atoms with Gasteiger partial charge in [0.1, 0.15) is 0 Å². The molecule has 2 N–H and O–H groups in total. The molecule has 1 fully saturated rings. The molecule has 5 heteroatoms. The Labute approximate surface area is 169 Å². The number of nitrogens with one attached hydrogen (secondary N) is 2. The monoisotopic (exact) mass is 390 g/mol. The number of aromatic nitrogens is 3. The summed E-state index contributed by atoms with van der Waals surface area (Å²) in [6, 6.07) is 19.1. The molecular formula is C23H23ClN4. The van der Waals surface area contributed by atoms with Crippen molar-refractivity contribution in [3.8, 4) is 11.3 Å². The Morgan fingerprint density at radius 3 is 2.82 bits per heavy atom. The molecule has 4 nitrogen and oxygen atoms in total. The lowest BCUT2D eigenvalue weighted by Gasteiger charge is -2.36. The van der Waals surface area contributed by atoms with Crippen LogP contribution in [0.1, 0.15) is 24.8 Å². The number of H-pyrrole nitrogens is 2. The minimum atomic E-state index is 0.467. The van der Waals surface area contributed by atoms with Crippen LogP contribution in [-0.2, 0) is 6.42 Å². The number of aromatic amines is 2. The SMILES string of the molecule is Clc1ccc(-c2cc(N3CCCCC3Cc3c[nH]c4ccccc34)n[nH]2)cc1. The van der Waals surface area contributed by atoms with Gasteiger partial charge in [-0.3, -0.25) is 5.10 Å². The van der Waals surface area contributed by atoms with Crippen LogP contribution in [0.2, 0.25) is 5.02 Å². The number of rotatable bonds is 4. The van der Waals surface area contributed by atoms with Gasteiger partial charge >= 0.3 is 0 Å². The van der Waals surface area contributed by atoms with Gasteiger partial charge in [-0.1, -0.05) is 41.9 Å². The van der Waals surface area contributed by atoms with Crippen LogP contribution in [0, 0.1) is 0 Å². The summed E-state index contributed by atoms with van der Waals surface area (Å²) in [6.07, 6.45) is 6.89. The summed E-state index contributed by atoms with van der Waals surface area (Å²) in [5, 5.41) is 9.93. The van der Waals surface area contributed by atoms with Crippen LogP contribution in [0.3, 0.4) is 0 Å². The number of anilines is 1. The maximum atomic E-state index is 6.02. The molecule has 3 heterocycles. The Bertz CT molecular complexity index is 1080. The minimum Gasteiger partial charge on any atom is -0.361 e. The highest BCUT2D eigenvalue weighted by molar-refractivity contribution is 6.30. The molecule has 0 amide bonds. The van der Waals surface area contributed by atoms with E-state index in [2.05, 4.69) is 56.6 Å². The van der Waals surface area contributed by atoms with Gasteiger partial charge in [0.25, 0.3) is 0 Å². The summed E-state index contributed by atoms with van der Waals surface area (Å²) in [5.41, 5.74) is 4.74. The van der Waals surface area contributed by atoms with Crippen LogP contribution in [0.4, 0.5) is 5.82 Å². The summed E-state index contributed by atoms with van der Waals surface area (Å²) in [6.45, 7) is 1.05. The van der Waals surface area contributed by atoms with E-state index in [1.165, 1.54) is 35.7 Å². The van der Waals surface area contributed by atoms with E-state index >= 15 is 0 Å². The number of hydrogen-bond acceptors (Lipinski definition) is 2. The Hall–Kier alpha value is -2.72. The van der Waals surface area contributed by atoms with E-state index in [0.717, 1.165) is 35.1 Å². The van der Waals surface area contributed by atoms with Gasteiger partial charge in [0, 0.05) is 40.8 Å². The molecule has 0 spiro atoms. The minimum absolute atomic E-state index is 0.467. The topological polar surface area (TPSA) is 47.7 Å². The predicted octanol–water partition coefficient (Wildman–Crippen LogP) is 5.81. The lowest BCUT2D eigenvalue weighted by Crippen LogP contribution is -2.41. The highest BCUT2D eigenvalue weighted by Crippen LogP contribution is 2.30. The zero-order chi connectivity index (χ0) is 18.9. The molecule has 4 aromatic rings. The van der Waals surface area contributed by atoms with Gasteiger partial charge in [-0.25, -0.2) is 0 Å². The highest BCUT2D eigenvalue weighted by atomic mass is 35.5. The van der Waals surface area contributed by atoms with E-state index in [0.29, 0.717) is 6.04 Å².